The van der Waals surface area contributed by atoms with E-state index in [0.717, 1.165) is 12.8 Å². The molecule has 0 aliphatic rings. The summed E-state index contributed by atoms with van der Waals surface area (Å²) in [7, 11) is 0. The number of esters is 1. The van der Waals surface area contributed by atoms with Gasteiger partial charge in [-0.05, 0) is 25.0 Å². The highest BCUT2D eigenvalue weighted by Crippen LogP contribution is 2.32. The highest BCUT2D eigenvalue weighted by molar-refractivity contribution is 6.36. The molecule has 0 radical (unpaired) electrons. The highest BCUT2D eigenvalue weighted by atomic mass is 35.5. The van der Waals surface area contributed by atoms with E-state index in [9.17, 15) is 9.90 Å². The molecule has 0 amide bonds. The molecule has 0 aliphatic carbocycles. The fraction of sp³-hybridized carbons (Fsp3) is 0.500. The van der Waals surface area contributed by atoms with Gasteiger partial charge in [0.2, 0.25) is 0 Å². The number of carbonyl (C=O) groups excluding carboxylic acids is 1. The Morgan fingerprint density at radius 1 is 1.37 bits per heavy atom. The topological polar surface area (TPSA) is 46.5 Å². The summed E-state index contributed by atoms with van der Waals surface area (Å²) >= 11 is 12.0. The van der Waals surface area contributed by atoms with Gasteiger partial charge in [-0.25, -0.2) is 0 Å². The second-order valence-electron chi connectivity index (χ2n) is 4.26. The first-order valence-corrected chi connectivity index (χ1v) is 7.09. The van der Waals surface area contributed by atoms with E-state index in [-0.39, 0.29) is 18.8 Å². The standard InChI is InChI=1S/C14H18Cl2O3/c1-2-3-9-19-13(18)8-7-12(17)14-10(15)5-4-6-11(14)16/h4-6,12,17H,2-3,7-9H2,1H3. The maximum Gasteiger partial charge on any atom is 0.305 e. The molecule has 106 valence electrons. The van der Waals surface area contributed by atoms with Crippen molar-refractivity contribution in [1.82, 2.24) is 0 Å². The fourth-order valence-corrected chi connectivity index (χ4v) is 2.28. The lowest BCUT2D eigenvalue weighted by Crippen LogP contribution is -2.08. The molecule has 0 saturated carbocycles. The van der Waals surface area contributed by atoms with E-state index >= 15 is 0 Å². The van der Waals surface area contributed by atoms with Crippen molar-refractivity contribution in [2.24, 2.45) is 0 Å². The molecule has 5 heteroatoms. The first-order valence-electron chi connectivity index (χ1n) is 6.33. The summed E-state index contributed by atoms with van der Waals surface area (Å²) in [5.41, 5.74) is 0.465. The van der Waals surface area contributed by atoms with Crippen LogP contribution in [0.2, 0.25) is 10.0 Å². The molecular formula is C14H18Cl2O3. The quantitative estimate of drug-likeness (QED) is 0.608. The Morgan fingerprint density at radius 2 is 2.00 bits per heavy atom. The predicted octanol–water partition coefficient (Wildman–Crippen LogP) is 4.15. The van der Waals surface area contributed by atoms with Crippen LogP contribution in [0.1, 0.15) is 44.3 Å². The lowest BCUT2D eigenvalue weighted by molar-refractivity contribution is -0.144. The number of aliphatic hydroxyl groups is 1. The first-order chi connectivity index (χ1) is 9.06. The van der Waals surface area contributed by atoms with E-state index in [1.807, 2.05) is 6.92 Å². The molecule has 0 heterocycles. The van der Waals surface area contributed by atoms with Crippen LogP contribution in [-0.2, 0) is 9.53 Å². The number of rotatable bonds is 7. The third-order valence-corrected chi connectivity index (χ3v) is 3.37. The smallest absolute Gasteiger partial charge is 0.305 e. The van der Waals surface area contributed by atoms with Crippen molar-refractivity contribution >= 4 is 29.2 Å². The molecular weight excluding hydrogens is 287 g/mol. The van der Waals surface area contributed by atoms with Crippen molar-refractivity contribution in [2.45, 2.75) is 38.7 Å². The lowest BCUT2D eigenvalue weighted by atomic mass is 10.0. The van der Waals surface area contributed by atoms with Gasteiger partial charge >= 0.3 is 5.97 Å². The SMILES string of the molecule is CCCCOC(=O)CCC(O)c1c(Cl)cccc1Cl. The van der Waals surface area contributed by atoms with Gasteiger partial charge in [-0.2, -0.15) is 0 Å². The van der Waals surface area contributed by atoms with Gasteiger partial charge < -0.3 is 9.84 Å². The van der Waals surface area contributed by atoms with Crippen molar-refractivity contribution in [3.05, 3.63) is 33.8 Å². The minimum atomic E-state index is -0.861. The molecule has 1 aromatic rings. The number of hydrogen-bond donors (Lipinski definition) is 1. The molecule has 1 atom stereocenters. The van der Waals surface area contributed by atoms with Crippen LogP contribution in [0.5, 0.6) is 0 Å². The van der Waals surface area contributed by atoms with Gasteiger partial charge in [0, 0.05) is 22.0 Å². The second-order valence-corrected chi connectivity index (χ2v) is 5.08. The average Bonchev–Trinajstić information content (AvgIpc) is 2.36. The summed E-state index contributed by atoms with van der Waals surface area (Å²) in [5.74, 6) is -0.310. The van der Waals surface area contributed by atoms with Crippen molar-refractivity contribution < 1.29 is 14.6 Å². The summed E-state index contributed by atoms with van der Waals surface area (Å²) in [6, 6.07) is 5.02. The normalized spacial score (nSPS) is 12.2. The van der Waals surface area contributed by atoms with Gasteiger partial charge in [-0.1, -0.05) is 42.6 Å². The molecule has 1 N–H and O–H groups in total. The number of ether oxygens (including phenoxy) is 1. The maximum absolute atomic E-state index is 11.4. The van der Waals surface area contributed by atoms with Crippen molar-refractivity contribution in [1.29, 1.82) is 0 Å². The molecule has 0 aromatic heterocycles. The zero-order valence-corrected chi connectivity index (χ0v) is 12.4. The third-order valence-electron chi connectivity index (χ3n) is 2.72. The van der Waals surface area contributed by atoms with Crippen molar-refractivity contribution in [2.75, 3.05) is 6.61 Å². The van der Waals surface area contributed by atoms with Gasteiger partial charge in [0.15, 0.2) is 0 Å². The zero-order valence-electron chi connectivity index (χ0n) is 10.9. The number of halogens is 2. The summed E-state index contributed by atoms with van der Waals surface area (Å²) in [4.78, 5) is 11.4. The zero-order chi connectivity index (χ0) is 14.3. The first kappa shape index (κ1) is 16.3. The number of unbranched alkanes of at least 4 members (excludes halogenated alkanes) is 1. The Hall–Kier alpha value is -0.770. The number of carbonyl (C=O) groups is 1. The van der Waals surface area contributed by atoms with E-state index in [1.165, 1.54) is 0 Å². The maximum atomic E-state index is 11.4. The van der Waals surface area contributed by atoms with Crippen molar-refractivity contribution in [3.8, 4) is 0 Å². The highest BCUT2D eigenvalue weighted by Gasteiger charge is 2.17. The van der Waals surface area contributed by atoms with Gasteiger partial charge in [0.25, 0.3) is 0 Å². The number of hydrogen-bond acceptors (Lipinski definition) is 3. The van der Waals surface area contributed by atoms with Crippen LogP contribution in [0, 0.1) is 0 Å². The van der Waals surface area contributed by atoms with E-state index in [0.29, 0.717) is 22.2 Å². The van der Waals surface area contributed by atoms with E-state index < -0.39 is 6.10 Å². The molecule has 1 unspecified atom stereocenters. The Labute approximate surface area is 123 Å². The summed E-state index contributed by atoms with van der Waals surface area (Å²) < 4.78 is 5.01. The molecule has 0 bridgehead atoms. The van der Waals surface area contributed by atoms with E-state index in [2.05, 4.69) is 0 Å². The minimum absolute atomic E-state index is 0.145. The van der Waals surface area contributed by atoms with Crippen LogP contribution < -0.4 is 0 Å². The minimum Gasteiger partial charge on any atom is -0.466 e. The van der Waals surface area contributed by atoms with Crippen LogP contribution in [0.4, 0.5) is 0 Å². The molecule has 0 saturated heterocycles. The molecule has 1 aromatic carbocycles. The van der Waals surface area contributed by atoms with Gasteiger partial charge in [0.05, 0.1) is 12.7 Å². The lowest BCUT2D eigenvalue weighted by Gasteiger charge is -2.14. The number of aliphatic hydroxyl groups excluding tert-OH is 1. The van der Waals surface area contributed by atoms with Gasteiger partial charge in [-0.15, -0.1) is 0 Å². The average molecular weight is 305 g/mol. The summed E-state index contributed by atoms with van der Waals surface area (Å²) in [5, 5.41) is 10.8. The van der Waals surface area contributed by atoms with Crippen LogP contribution >= 0.6 is 23.2 Å². The Morgan fingerprint density at radius 3 is 2.58 bits per heavy atom. The third kappa shape index (κ3) is 5.39. The fourth-order valence-electron chi connectivity index (χ4n) is 1.63. The van der Waals surface area contributed by atoms with Gasteiger partial charge in [0.1, 0.15) is 0 Å². The Bertz CT molecular complexity index is 401. The van der Waals surface area contributed by atoms with Crippen LogP contribution in [0.3, 0.4) is 0 Å². The van der Waals surface area contributed by atoms with E-state index in [1.54, 1.807) is 18.2 Å². The number of benzene rings is 1. The second kappa shape index (κ2) is 8.41. The van der Waals surface area contributed by atoms with Crippen LogP contribution in [0.25, 0.3) is 0 Å². The molecule has 19 heavy (non-hydrogen) atoms. The molecule has 0 fully saturated rings. The summed E-state index contributed by atoms with van der Waals surface area (Å²) in [6.45, 7) is 2.45. The van der Waals surface area contributed by atoms with E-state index in [4.69, 9.17) is 27.9 Å². The largest absolute Gasteiger partial charge is 0.466 e. The van der Waals surface area contributed by atoms with Gasteiger partial charge in [-0.3, -0.25) is 4.79 Å². The molecule has 3 nitrogen and oxygen atoms in total. The monoisotopic (exact) mass is 304 g/mol. The predicted molar refractivity (Wildman–Crippen MR) is 76.5 cm³/mol. The Balaban J connectivity index is 2.47. The summed E-state index contributed by atoms with van der Waals surface area (Å²) in [6.07, 6.45) is 1.36. The molecule has 0 aliphatic heterocycles. The molecule has 0 spiro atoms. The van der Waals surface area contributed by atoms with Crippen molar-refractivity contribution in [3.63, 3.8) is 0 Å². The Kier molecular flexibility index (Phi) is 7.21. The molecule has 1 rings (SSSR count). The van der Waals surface area contributed by atoms with Crippen LogP contribution in [0.15, 0.2) is 18.2 Å². The van der Waals surface area contributed by atoms with Crippen LogP contribution in [-0.4, -0.2) is 17.7 Å².